The highest BCUT2D eigenvalue weighted by atomic mass is 16.6. The fourth-order valence-electron chi connectivity index (χ4n) is 4.47. The standard InChI is InChI=1S/C25H37N5O4/c1-16-13-19(34-29-16)14-22(31)26-21-15-20(28-30(21)24(2,3)4)17-7-6-8-18(10-9-17)33-23(32)27-25(5)11-12-25/h13,15,17-18H,6-12,14H2,1-5H3,(H,26,31)(H,27,32). The van der Waals surface area contributed by atoms with E-state index < -0.39 is 0 Å². The van der Waals surface area contributed by atoms with Crippen LogP contribution in [0.3, 0.4) is 0 Å². The maximum Gasteiger partial charge on any atom is 0.407 e. The number of ether oxygens (including phenoxy) is 1. The van der Waals surface area contributed by atoms with E-state index in [0.29, 0.717) is 11.6 Å². The molecular weight excluding hydrogens is 434 g/mol. The summed E-state index contributed by atoms with van der Waals surface area (Å²) < 4.78 is 12.8. The Bertz CT molecular complexity index is 1030. The molecule has 2 fully saturated rings. The van der Waals surface area contributed by atoms with Crippen LogP contribution < -0.4 is 10.6 Å². The van der Waals surface area contributed by atoms with Gasteiger partial charge in [0.2, 0.25) is 5.91 Å². The average molecular weight is 472 g/mol. The van der Waals surface area contributed by atoms with Crippen molar-refractivity contribution >= 4 is 17.8 Å². The third-order valence-electron chi connectivity index (χ3n) is 6.65. The summed E-state index contributed by atoms with van der Waals surface area (Å²) in [6, 6.07) is 3.75. The molecule has 2 atom stereocenters. The molecule has 2 aliphatic carbocycles. The van der Waals surface area contributed by atoms with Gasteiger partial charge in [0.15, 0.2) is 0 Å². The first kappa shape index (κ1) is 24.3. The highest BCUT2D eigenvalue weighted by Crippen LogP contribution is 2.36. The Hall–Kier alpha value is -2.84. The number of rotatable bonds is 6. The van der Waals surface area contributed by atoms with Crippen LogP contribution in [0.2, 0.25) is 0 Å². The lowest BCUT2D eigenvalue weighted by Crippen LogP contribution is -2.36. The Balaban J connectivity index is 1.40. The molecule has 4 rings (SSSR count). The van der Waals surface area contributed by atoms with Gasteiger partial charge < -0.3 is 19.9 Å². The number of carbonyl (C=O) groups is 2. The summed E-state index contributed by atoms with van der Waals surface area (Å²) in [5, 5.41) is 14.7. The van der Waals surface area contributed by atoms with Crippen molar-refractivity contribution in [2.24, 2.45) is 0 Å². The molecule has 0 saturated heterocycles. The molecule has 0 radical (unpaired) electrons. The third kappa shape index (κ3) is 6.18. The Morgan fingerprint density at radius 3 is 2.62 bits per heavy atom. The van der Waals surface area contributed by atoms with E-state index in [0.717, 1.165) is 56.3 Å². The Kier molecular flexibility index (Phi) is 6.73. The van der Waals surface area contributed by atoms with Gasteiger partial charge in [-0.1, -0.05) is 5.16 Å². The second-order valence-corrected chi connectivity index (χ2v) is 11.1. The summed E-state index contributed by atoms with van der Waals surface area (Å²) in [7, 11) is 0. The fraction of sp³-hybridized carbons (Fsp3) is 0.680. The molecule has 2 aromatic heterocycles. The van der Waals surface area contributed by atoms with Crippen LogP contribution >= 0.6 is 0 Å². The van der Waals surface area contributed by atoms with E-state index in [2.05, 4.69) is 36.6 Å². The lowest BCUT2D eigenvalue weighted by molar-refractivity contribution is -0.115. The van der Waals surface area contributed by atoms with Crippen molar-refractivity contribution < 1.29 is 18.8 Å². The SMILES string of the molecule is Cc1cc(CC(=O)Nc2cc(C3CCCC(OC(=O)NC4(C)CC4)CC3)nn2C(C)(C)C)on1. The van der Waals surface area contributed by atoms with Gasteiger partial charge in [-0.05, 0) is 79.6 Å². The minimum absolute atomic E-state index is 0.0680. The predicted octanol–water partition coefficient (Wildman–Crippen LogP) is 4.81. The predicted molar refractivity (Wildman–Crippen MR) is 128 cm³/mol. The number of amides is 2. The number of aryl methyl sites for hydroxylation is 1. The first-order valence-corrected chi connectivity index (χ1v) is 12.3. The molecule has 2 aromatic rings. The summed E-state index contributed by atoms with van der Waals surface area (Å²) in [4.78, 5) is 24.9. The van der Waals surface area contributed by atoms with Gasteiger partial charge in [0.1, 0.15) is 17.7 Å². The maximum absolute atomic E-state index is 12.7. The number of anilines is 1. The molecule has 0 aromatic carbocycles. The summed E-state index contributed by atoms with van der Waals surface area (Å²) in [5.41, 5.74) is 1.35. The van der Waals surface area contributed by atoms with Gasteiger partial charge in [-0.2, -0.15) is 5.10 Å². The van der Waals surface area contributed by atoms with E-state index in [4.69, 9.17) is 14.4 Å². The normalized spacial score (nSPS) is 22.0. The molecule has 2 heterocycles. The number of aromatic nitrogens is 3. The van der Waals surface area contributed by atoms with E-state index in [-0.39, 0.29) is 41.5 Å². The number of hydrogen-bond acceptors (Lipinski definition) is 6. The van der Waals surface area contributed by atoms with Crippen LogP contribution in [0.25, 0.3) is 0 Å². The molecule has 2 amide bonds. The van der Waals surface area contributed by atoms with E-state index in [1.165, 1.54) is 0 Å². The highest BCUT2D eigenvalue weighted by Gasteiger charge is 2.39. The van der Waals surface area contributed by atoms with Crippen molar-refractivity contribution in [2.45, 2.75) is 109 Å². The zero-order valence-corrected chi connectivity index (χ0v) is 20.9. The molecule has 186 valence electrons. The molecule has 0 bridgehead atoms. The van der Waals surface area contributed by atoms with Crippen molar-refractivity contribution in [2.75, 3.05) is 5.32 Å². The summed E-state index contributed by atoms with van der Waals surface area (Å²) in [6.07, 6.45) is 6.29. The number of nitrogens with one attached hydrogen (secondary N) is 2. The van der Waals surface area contributed by atoms with E-state index >= 15 is 0 Å². The van der Waals surface area contributed by atoms with Gasteiger partial charge in [-0.15, -0.1) is 0 Å². The largest absolute Gasteiger partial charge is 0.446 e. The highest BCUT2D eigenvalue weighted by molar-refractivity contribution is 5.91. The molecule has 2 aliphatic rings. The van der Waals surface area contributed by atoms with Gasteiger partial charge in [0, 0.05) is 23.6 Å². The molecule has 9 nitrogen and oxygen atoms in total. The first-order chi connectivity index (χ1) is 16.0. The van der Waals surface area contributed by atoms with Crippen LogP contribution in [0.15, 0.2) is 16.7 Å². The zero-order chi connectivity index (χ0) is 24.5. The molecule has 2 unspecified atom stereocenters. The molecule has 0 aliphatic heterocycles. The first-order valence-electron chi connectivity index (χ1n) is 12.3. The van der Waals surface area contributed by atoms with Crippen molar-refractivity contribution in [1.29, 1.82) is 0 Å². The number of nitrogens with zero attached hydrogens (tertiary/aromatic N) is 3. The van der Waals surface area contributed by atoms with Gasteiger partial charge >= 0.3 is 6.09 Å². The number of alkyl carbamates (subject to hydrolysis) is 1. The smallest absolute Gasteiger partial charge is 0.407 e. The van der Waals surface area contributed by atoms with Crippen LogP contribution in [-0.4, -0.2) is 38.6 Å². The van der Waals surface area contributed by atoms with E-state index in [1.54, 1.807) is 6.07 Å². The van der Waals surface area contributed by atoms with Gasteiger partial charge in [-0.25, -0.2) is 9.48 Å². The minimum atomic E-state index is -0.299. The quantitative estimate of drug-likeness (QED) is 0.585. The maximum atomic E-state index is 12.7. The van der Waals surface area contributed by atoms with Crippen molar-refractivity contribution in [3.8, 4) is 0 Å². The Morgan fingerprint density at radius 2 is 1.97 bits per heavy atom. The molecular formula is C25H37N5O4. The Morgan fingerprint density at radius 1 is 1.21 bits per heavy atom. The van der Waals surface area contributed by atoms with Crippen molar-refractivity contribution in [1.82, 2.24) is 20.3 Å². The lowest BCUT2D eigenvalue weighted by Gasteiger charge is -2.22. The van der Waals surface area contributed by atoms with Gasteiger partial charge in [0.25, 0.3) is 0 Å². The summed E-state index contributed by atoms with van der Waals surface area (Å²) >= 11 is 0. The molecule has 2 saturated carbocycles. The third-order valence-corrected chi connectivity index (χ3v) is 6.65. The second-order valence-electron chi connectivity index (χ2n) is 11.1. The summed E-state index contributed by atoms with van der Waals surface area (Å²) in [5.74, 6) is 1.30. The molecule has 34 heavy (non-hydrogen) atoms. The van der Waals surface area contributed by atoms with Crippen LogP contribution in [0.1, 0.15) is 95.7 Å². The van der Waals surface area contributed by atoms with Gasteiger partial charge in [0.05, 0.1) is 23.3 Å². The van der Waals surface area contributed by atoms with Crippen LogP contribution in [0, 0.1) is 6.92 Å². The molecule has 0 spiro atoms. The second kappa shape index (κ2) is 9.43. The van der Waals surface area contributed by atoms with Crippen molar-refractivity contribution in [3.63, 3.8) is 0 Å². The number of carbonyl (C=O) groups excluding carboxylic acids is 2. The van der Waals surface area contributed by atoms with Crippen LogP contribution in [-0.2, 0) is 21.5 Å². The topological polar surface area (TPSA) is 111 Å². The van der Waals surface area contributed by atoms with Gasteiger partial charge in [-0.3, -0.25) is 4.79 Å². The van der Waals surface area contributed by atoms with Crippen LogP contribution in [0.4, 0.5) is 10.6 Å². The fourth-order valence-corrected chi connectivity index (χ4v) is 4.47. The average Bonchev–Trinajstić information content (AvgIpc) is 3.17. The minimum Gasteiger partial charge on any atom is -0.446 e. The Labute approximate surface area is 201 Å². The number of hydrogen-bond donors (Lipinski definition) is 2. The summed E-state index contributed by atoms with van der Waals surface area (Å²) in [6.45, 7) is 10.1. The van der Waals surface area contributed by atoms with E-state index in [1.807, 2.05) is 24.6 Å². The van der Waals surface area contributed by atoms with Crippen LogP contribution in [0.5, 0.6) is 0 Å². The lowest BCUT2D eigenvalue weighted by atomic mass is 9.97. The zero-order valence-electron chi connectivity index (χ0n) is 20.9. The molecule has 9 heteroatoms. The molecule has 2 N–H and O–H groups in total. The monoisotopic (exact) mass is 471 g/mol. The van der Waals surface area contributed by atoms with Crippen molar-refractivity contribution in [3.05, 3.63) is 29.3 Å². The van der Waals surface area contributed by atoms with E-state index in [9.17, 15) is 9.59 Å².